The Morgan fingerprint density at radius 3 is 2.62 bits per heavy atom. The minimum absolute atomic E-state index is 0.0299. The highest BCUT2D eigenvalue weighted by molar-refractivity contribution is 5.98. The van der Waals surface area contributed by atoms with Crippen molar-refractivity contribution < 1.29 is 19.0 Å². The van der Waals surface area contributed by atoms with E-state index in [1.807, 2.05) is 31.7 Å². The van der Waals surface area contributed by atoms with Crippen LogP contribution in [0.25, 0.3) is 28.0 Å². The lowest BCUT2D eigenvalue weighted by Gasteiger charge is -2.35. The summed E-state index contributed by atoms with van der Waals surface area (Å²) >= 11 is 0. The topological polar surface area (TPSA) is 114 Å². The lowest BCUT2D eigenvalue weighted by Crippen LogP contribution is -2.49. The van der Waals surface area contributed by atoms with Crippen molar-refractivity contribution in [3.63, 3.8) is 0 Å². The lowest BCUT2D eigenvalue weighted by atomic mass is 10.00. The fourth-order valence-electron chi connectivity index (χ4n) is 5.82. The Bertz CT molecular complexity index is 1790. The molecule has 2 aliphatic rings. The maximum Gasteiger partial charge on any atom is 0.355 e. The number of phenolic OH excluding ortho intramolecular Hbond substituents is 1. The van der Waals surface area contributed by atoms with Gasteiger partial charge in [0.15, 0.2) is 5.65 Å². The Morgan fingerprint density at radius 1 is 1.17 bits per heavy atom. The first-order valence-corrected chi connectivity index (χ1v) is 13.9. The number of amides is 1. The predicted molar refractivity (Wildman–Crippen MR) is 157 cm³/mol. The lowest BCUT2D eigenvalue weighted by molar-refractivity contribution is -0.126. The molecule has 2 aliphatic heterocycles. The van der Waals surface area contributed by atoms with Crippen LogP contribution in [0.3, 0.4) is 0 Å². The zero-order valence-corrected chi connectivity index (χ0v) is 23.7. The van der Waals surface area contributed by atoms with Crippen LogP contribution in [0, 0.1) is 12.7 Å². The summed E-state index contributed by atoms with van der Waals surface area (Å²) in [6.07, 6.45) is 3.42. The average Bonchev–Trinajstić information content (AvgIpc) is 3.47. The van der Waals surface area contributed by atoms with Crippen LogP contribution < -0.4 is 15.3 Å². The molecule has 1 saturated heterocycles. The summed E-state index contributed by atoms with van der Waals surface area (Å²) in [5, 5.41) is 11.3. The molecule has 216 valence electrons. The molecule has 6 rings (SSSR count). The van der Waals surface area contributed by atoms with E-state index in [1.54, 1.807) is 11.1 Å². The highest BCUT2D eigenvalue weighted by Gasteiger charge is 2.33. The first-order chi connectivity index (χ1) is 20.2. The standard InChI is InChI=1S/C31H31FN6O4/c1-5-22(40)36-12-14-37(15-13-36)29-24-28-19(10-16-42-28)26(23-20(32)7-6-8-21(23)39)34-30(24)38(31(41)35-29)27-18(4)9-11-33-25(27)17(2)3/h5-9,11,17,39H,1,10,12-16H2,2-4H3. The monoisotopic (exact) mass is 570 g/mol. The molecule has 10 nitrogen and oxygen atoms in total. The van der Waals surface area contributed by atoms with E-state index < -0.39 is 11.5 Å². The van der Waals surface area contributed by atoms with Crippen LogP contribution in [0.2, 0.25) is 0 Å². The second-order valence-corrected chi connectivity index (χ2v) is 10.8. The third-order valence-corrected chi connectivity index (χ3v) is 7.87. The molecule has 1 aromatic carbocycles. The molecule has 0 aliphatic carbocycles. The van der Waals surface area contributed by atoms with Crippen molar-refractivity contribution in [1.29, 1.82) is 0 Å². The quantitative estimate of drug-likeness (QED) is 0.360. The third kappa shape index (κ3) is 4.36. The van der Waals surface area contributed by atoms with Crippen LogP contribution in [0.5, 0.6) is 11.5 Å². The van der Waals surface area contributed by atoms with Gasteiger partial charge in [0.2, 0.25) is 5.91 Å². The summed E-state index contributed by atoms with van der Waals surface area (Å²) in [5.41, 5.74) is 2.47. The maximum absolute atomic E-state index is 15.3. The van der Waals surface area contributed by atoms with E-state index in [-0.39, 0.29) is 34.5 Å². The highest BCUT2D eigenvalue weighted by Crippen LogP contribution is 2.45. The van der Waals surface area contributed by atoms with E-state index in [2.05, 4.69) is 16.5 Å². The zero-order valence-electron chi connectivity index (χ0n) is 23.7. The number of rotatable bonds is 5. The van der Waals surface area contributed by atoms with Gasteiger partial charge in [-0.15, -0.1) is 0 Å². The molecular formula is C31H31FN6O4. The fourth-order valence-corrected chi connectivity index (χ4v) is 5.82. The van der Waals surface area contributed by atoms with Crippen molar-refractivity contribution in [3.8, 4) is 28.4 Å². The van der Waals surface area contributed by atoms with Crippen molar-refractivity contribution in [3.05, 3.63) is 76.2 Å². The minimum atomic E-state index is -0.637. The number of piperazine rings is 1. The zero-order chi connectivity index (χ0) is 29.7. The summed E-state index contributed by atoms with van der Waals surface area (Å²) < 4.78 is 22.9. The molecule has 0 spiro atoms. The SMILES string of the molecule is C=CC(=O)N1CCN(c2nc(=O)n(-c3c(C)ccnc3C(C)C)c3nc(-c4c(O)cccc4F)c4c(c23)OCC4)CC1. The summed E-state index contributed by atoms with van der Waals surface area (Å²) in [5.74, 6) is -0.245. The number of phenols is 1. The molecule has 0 unspecified atom stereocenters. The van der Waals surface area contributed by atoms with E-state index in [9.17, 15) is 14.7 Å². The molecule has 0 atom stereocenters. The van der Waals surface area contributed by atoms with Gasteiger partial charge in [-0.25, -0.2) is 18.7 Å². The molecular weight excluding hydrogens is 539 g/mol. The molecule has 11 heteroatoms. The van der Waals surface area contributed by atoms with Gasteiger partial charge in [-0.05, 0) is 42.7 Å². The Kier molecular flexibility index (Phi) is 6.88. The number of hydrogen-bond donors (Lipinski definition) is 1. The van der Waals surface area contributed by atoms with Crippen molar-refractivity contribution >= 4 is 22.8 Å². The minimum Gasteiger partial charge on any atom is -0.507 e. The molecule has 0 saturated carbocycles. The number of hydrogen-bond acceptors (Lipinski definition) is 8. The smallest absolute Gasteiger partial charge is 0.355 e. The van der Waals surface area contributed by atoms with Crippen LogP contribution in [0.1, 0.15) is 36.6 Å². The number of aromatic hydroxyl groups is 1. The Labute approximate surface area is 241 Å². The van der Waals surface area contributed by atoms with Crippen LogP contribution in [-0.4, -0.2) is 68.2 Å². The van der Waals surface area contributed by atoms with Gasteiger partial charge in [0, 0.05) is 44.4 Å². The van der Waals surface area contributed by atoms with Gasteiger partial charge in [-0.1, -0.05) is 26.5 Å². The van der Waals surface area contributed by atoms with Crippen molar-refractivity contribution in [1.82, 2.24) is 24.4 Å². The van der Waals surface area contributed by atoms with Gasteiger partial charge in [-0.3, -0.25) is 9.78 Å². The van der Waals surface area contributed by atoms with Gasteiger partial charge in [0.25, 0.3) is 0 Å². The van der Waals surface area contributed by atoms with E-state index in [4.69, 9.17) is 9.72 Å². The number of nitrogens with zero attached hydrogens (tertiary/aromatic N) is 6. The molecule has 1 amide bonds. The van der Waals surface area contributed by atoms with Crippen LogP contribution >= 0.6 is 0 Å². The van der Waals surface area contributed by atoms with Gasteiger partial charge in [0.1, 0.15) is 28.5 Å². The van der Waals surface area contributed by atoms with Gasteiger partial charge in [0.05, 0.1) is 29.2 Å². The fraction of sp³-hybridized carbons (Fsp3) is 0.323. The van der Waals surface area contributed by atoms with Gasteiger partial charge >= 0.3 is 5.69 Å². The van der Waals surface area contributed by atoms with Crippen molar-refractivity contribution in [2.75, 3.05) is 37.7 Å². The average molecular weight is 571 g/mol. The number of carbonyl (C=O) groups excluding carboxylic acids is 1. The number of benzene rings is 1. The number of ether oxygens (including phenoxy) is 1. The van der Waals surface area contributed by atoms with Crippen LogP contribution in [-0.2, 0) is 11.2 Å². The van der Waals surface area contributed by atoms with E-state index in [0.717, 1.165) is 5.56 Å². The summed E-state index contributed by atoms with van der Waals surface area (Å²) in [4.78, 5) is 44.0. The van der Waals surface area contributed by atoms with E-state index >= 15 is 4.39 Å². The number of halogens is 1. The van der Waals surface area contributed by atoms with Crippen LogP contribution in [0.4, 0.5) is 10.2 Å². The number of aryl methyl sites for hydroxylation is 1. The second kappa shape index (κ2) is 10.6. The molecule has 0 bridgehead atoms. The Balaban J connectivity index is 1.69. The molecule has 1 N–H and O–H groups in total. The first-order valence-electron chi connectivity index (χ1n) is 13.9. The number of fused-ring (bicyclic) bond motifs is 3. The largest absolute Gasteiger partial charge is 0.507 e. The van der Waals surface area contributed by atoms with E-state index in [1.165, 1.54) is 28.8 Å². The molecule has 1 fully saturated rings. The molecule has 0 radical (unpaired) electrons. The van der Waals surface area contributed by atoms with Gasteiger partial charge in [-0.2, -0.15) is 4.98 Å². The third-order valence-electron chi connectivity index (χ3n) is 7.87. The molecule has 3 aromatic heterocycles. The first kappa shape index (κ1) is 27.4. The van der Waals surface area contributed by atoms with Crippen LogP contribution in [0.15, 0.2) is 47.9 Å². The summed E-state index contributed by atoms with van der Waals surface area (Å²) in [7, 11) is 0. The Hall–Kier alpha value is -4.80. The number of carbonyl (C=O) groups is 1. The Morgan fingerprint density at radius 2 is 1.93 bits per heavy atom. The number of aromatic nitrogens is 4. The molecule has 4 aromatic rings. The second-order valence-electron chi connectivity index (χ2n) is 10.8. The summed E-state index contributed by atoms with van der Waals surface area (Å²) in [6.45, 7) is 11.5. The number of pyridine rings is 2. The predicted octanol–water partition coefficient (Wildman–Crippen LogP) is 3.89. The number of anilines is 1. The molecule has 5 heterocycles. The molecule has 42 heavy (non-hydrogen) atoms. The van der Waals surface area contributed by atoms with E-state index in [0.29, 0.717) is 73.1 Å². The van der Waals surface area contributed by atoms with Crippen molar-refractivity contribution in [2.24, 2.45) is 0 Å². The summed E-state index contributed by atoms with van der Waals surface area (Å²) in [6, 6.07) is 5.91. The maximum atomic E-state index is 15.3. The van der Waals surface area contributed by atoms with Crippen molar-refractivity contribution in [2.45, 2.75) is 33.1 Å². The highest BCUT2D eigenvalue weighted by atomic mass is 19.1. The van der Waals surface area contributed by atoms with Gasteiger partial charge < -0.3 is 19.6 Å². The normalized spacial score (nSPS) is 14.8.